The molecule has 0 bridgehead atoms. The maximum Gasteiger partial charge on any atom is 0.299 e. The fourth-order valence-electron chi connectivity index (χ4n) is 2.70. The number of carbonyl (C=O) groups is 2. The second kappa shape index (κ2) is 7.96. The van der Waals surface area contributed by atoms with Crippen LogP contribution in [0.2, 0.25) is 0 Å². The zero-order chi connectivity index (χ0) is 18.4. The van der Waals surface area contributed by atoms with E-state index in [9.17, 15) is 9.59 Å². The molecule has 0 saturated heterocycles. The highest BCUT2D eigenvalue weighted by molar-refractivity contribution is 6.47. The van der Waals surface area contributed by atoms with Gasteiger partial charge in [0.1, 0.15) is 0 Å². The lowest BCUT2D eigenvalue weighted by Gasteiger charge is -2.23. The number of ketones is 1. The molecule has 0 spiro atoms. The number of hydrogen-bond acceptors (Lipinski definition) is 2. The van der Waals surface area contributed by atoms with E-state index in [4.69, 9.17) is 6.42 Å². The van der Waals surface area contributed by atoms with Crippen molar-refractivity contribution in [1.82, 2.24) is 0 Å². The Balaban J connectivity index is 2.01. The van der Waals surface area contributed by atoms with Crippen LogP contribution < -0.4 is 4.90 Å². The fraction of sp³-hybridized carbons (Fsp3) is 0.0435. The van der Waals surface area contributed by atoms with Crippen LogP contribution in [-0.2, 0) is 11.3 Å². The first-order chi connectivity index (χ1) is 12.7. The third kappa shape index (κ3) is 3.71. The molecule has 3 rings (SSSR count). The van der Waals surface area contributed by atoms with Crippen molar-refractivity contribution in [3.8, 4) is 12.3 Å². The molecule has 0 aromatic heterocycles. The van der Waals surface area contributed by atoms with E-state index in [0.29, 0.717) is 16.8 Å². The molecule has 0 heterocycles. The highest BCUT2D eigenvalue weighted by atomic mass is 16.2. The van der Waals surface area contributed by atoms with Gasteiger partial charge in [-0.1, -0.05) is 78.7 Å². The molecule has 0 unspecified atom stereocenters. The maximum atomic E-state index is 13.0. The summed E-state index contributed by atoms with van der Waals surface area (Å²) in [5, 5.41) is 0. The summed E-state index contributed by atoms with van der Waals surface area (Å²) in [7, 11) is 0. The molecule has 0 N–H and O–H groups in total. The van der Waals surface area contributed by atoms with Crippen molar-refractivity contribution in [3.63, 3.8) is 0 Å². The van der Waals surface area contributed by atoms with Crippen LogP contribution in [0.25, 0.3) is 0 Å². The van der Waals surface area contributed by atoms with E-state index in [1.165, 1.54) is 4.90 Å². The molecule has 0 saturated carbocycles. The zero-order valence-electron chi connectivity index (χ0n) is 14.1. The molecule has 3 aromatic carbocycles. The summed E-state index contributed by atoms with van der Waals surface area (Å²) in [6.07, 6.45) is 5.60. The van der Waals surface area contributed by atoms with Crippen LogP contribution in [0.15, 0.2) is 84.9 Å². The topological polar surface area (TPSA) is 37.4 Å². The summed E-state index contributed by atoms with van der Waals surface area (Å²) in [6.45, 7) is 0.261. The number of anilines is 1. The molecule has 126 valence electrons. The number of carbonyl (C=O) groups excluding carboxylic acids is 2. The summed E-state index contributed by atoms with van der Waals surface area (Å²) < 4.78 is 0. The van der Waals surface area contributed by atoms with Crippen molar-refractivity contribution in [2.75, 3.05) is 4.90 Å². The Bertz CT molecular complexity index is 956. The lowest BCUT2D eigenvalue weighted by molar-refractivity contribution is -0.114. The number of terminal acetylenes is 1. The van der Waals surface area contributed by atoms with E-state index in [0.717, 1.165) is 5.56 Å². The predicted molar refractivity (Wildman–Crippen MR) is 103 cm³/mol. The van der Waals surface area contributed by atoms with E-state index in [-0.39, 0.29) is 6.54 Å². The molecule has 1 amide bonds. The number of Topliss-reactive ketones (excluding diaryl/α,β-unsaturated/α-hetero) is 1. The van der Waals surface area contributed by atoms with Gasteiger partial charge in [-0.3, -0.25) is 14.5 Å². The Morgan fingerprint density at radius 3 is 2.04 bits per heavy atom. The van der Waals surface area contributed by atoms with Gasteiger partial charge in [0.15, 0.2) is 0 Å². The van der Waals surface area contributed by atoms with Gasteiger partial charge in [0.05, 0.1) is 12.2 Å². The average Bonchev–Trinajstić information content (AvgIpc) is 2.72. The van der Waals surface area contributed by atoms with E-state index in [1.807, 2.05) is 36.4 Å². The molecular formula is C23H17NO2. The van der Waals surface area contributed by atoms with E-state index in [2.05, 4.69) is 5.92 Å². The van der Waals surface area contributed by atoms with Gasteiger partial charge in [0.25, 0.3) is 11.7 Å². The van der Waals surface area contributed by atoms with Crippen LogP contribution in [0.4, 0.5) is 5.69 Å². The first-order valence-electron chi connectivity index (χ1n) is 8.21. The number of amides is 1. The van der Waals surface area contributed by atoms with Crippen molar-refractivity contribution in [3.05, 3.63) is 102 Å². The van der Waals surface area contributed by atoms with Gasteiger partial charge in [0, 0.05) is 11.1 Å². The van der Waals surface area contributed by atoms with Crippen LogP contribution in [0, 0.1) is 12.3 Å². The molecule has 0 aliphatic heterocycles. The second-order valence-electron chi connectivity index (χ2n) is 5.73. The number of para-hydroxylation sites is 1. The number of nitrogens with zero attached hydrogens (tertiary/aromatic N) is 1. The molecule has 26 heavy (non-hydrogen) atoms. The van der Waals surface area contributed by atoms with Gasteiger partial charge in [-0.15, -0.1) is 6.42 Å². The van der Waals surface area contributed by atoms with Crippen molar-refractivity contribution < 1.29 is 9.59 Å². The number of benzene rings is 3. The summed E-state index contributed by atoms with van der Waals surface area (Å²) >= 11 is 0. The summed E-state index contributed by atoms with van der Waals surface area (Å²) in [4.78, 5) is 27.2. The van der Waals surface area contributed by atoms with E-state index < -0.39 is 11.7 Å². The van der Waals surface area contributed by atoms with Crippen molar-refractivity contribution >= 4 is 17.4 Å². The van der Waals surface area contributed by atoms with Crippen LogP contribution in [0.1, 0.15) is 21.5 Å². The summed E-state index contributed by atoms with van der Waals surface area (Å²) in [5.41, 5.74) is 2.38. The van der Waals surface area contributed by atoms with Gasteiger partial charge in [-0.05, 0) is 17.7 Å². The molecule has 0 fully saturated rings. The molecule has 3 aromatic rings. The molecule has 3 nitrogen and oxygen atoms in total. The smallest absolute Gasteiger partial charge is 0.299 e. The third-order valence-corrected chi connectivity index (χ3v) is 4.01. The largest absolute Gasteiger partial charge is 0.300 e. The van der Waals surface area contributed by atoms with Crippen molar-refractivity contribution in [2.24, 2.45) is 0 Å². The zero-order valence-corrected chi connectivity index (χ0v) is 14.1. The minimum atomic E-state index is -0.609. The van der Waals surface area contributed by atoms with Crippen LogP contribution in [-0.4, -0.2) is 11.7 Å². The van der Waals surface area contributed by atoms with Crippen LogP contribution >= 0.6 is 0 Å². The lowest BCUT2D eigenvalue weighted by Crippen LogP contribution is -2.36. The Kier molecular flexibility index (Phi) is 5.26. The predicted octanol–water partition coefficient (Wildman–Crippen LogP) is 4.08. The molecule has 0 atom stereocenters. The normalized spacial score (nSPS) is 9.96. The van der Waals surface area contributed by atoms with Crippen molar-refractivity contribution in [2.45, 2.75) is 6.54 Å². The standard InChI is InChI=1S/C23H17NO2/c1-2-19-13-9-10-16-21(19)24(17-18-11-5-3-6-12-18)23(26)22(25)20-14-7-4-8-15-20/h1,3-16H,17H2. The van der Waals surface area contributed by atoms with Crippen LogP contribution in [0.5, 0.6) is 0 Å². The van der Waals surface area contributed by atoms with Crippen LogP contribution in [0.3, 0.4) is 0 Å². The Morgan fingerprint density at radius 2 is 1.38 bits per heavy atom. The quantitative estimate of drug-likeness (QED) is 0.399. The van der Waals surface area contributed by atoms with Gasteiger partial charge in [-0.25, -0.2) is 0 Å². The number of rotatable bonds is 5. The number of hydrogen-bond donors (Lipinski definition) is 0. The molecule has 0 aliphatic rings. The molecular weight excluding hydrogens is 322 g/mol. The van der Waals surface area contributed by atoms with Gasteiger partial charge >= 0.3 is 0 Å². The Labute approximate surface area is 152 Å². The lowest BCUT2D eigenvalue weighted by atomic mass is 10.1. The molecule has 3 heteroatoms. The maximum absolute atomic E-state index is 13.0. The summed E-state index contributed by atoms with van der Waals surface area (Å²) in [5.74, 6) is 1.42. The second-order valence-corrected chi connectivity index (χ2v) is 5.73. The first kappa shape index (κ1) is 17.2. The van der Waals surface area contributed by atoms with Gasteiger partial charge < -0.3 is 0 Å². The monoisotopic (exact) mass is 339 g/mol. The fourth-order valence-corrected chi connectivity index (χ4v) is 2.70. The first-order valence-corrected chi connectivity index (χ1v) is 8.21. The van der Waals surface area contributed by atoms with E-state index >= 15 is 0 Å². The van der Waals surface area contributed by atoms with Crippen molar-refractivity contribution in [1.29, 1.82) is 0 Å². The van der Waals surface area contributed by atoms with Gasteiger partial charge in [0.2, 0.25) is 0 Å². The highest BCUT2D eigenvalue weighted by Gasteiger charge is 2.26. The Morgan fingerprint density at radius 1 is 0.808 bits per heavy atom. The molecule has 0 radical (unpaired) electrons. The minimum Gasteiger partial charge on any atom is -0.300 e. The minimum absolute atomic E-state index is 0.261. The van der Waals surface area contributed by atoms with Gasteiger partial charge in [-0.2, -0.15) is 0 Å². The highest BCUT2D eigenvalue weighted by Crippen LogP contribution is 2.23. The average molecular weight is 339 g/mol. The Hall–Kier alpha value is -3.64. The van der Waals surface area contributed by atoms with E-state index in [1.54, 1.807) is 48.5 Å². The summed E-state index contributed by atoms with van der Waals surface area (Å²) in [6, 6.07) is 25.2. The molecule has 0 aliphatic carbocycles. The SMILES string of the molecule is C#Cc1ccccc1N(Cc1ccccc1)C(=O)C(=O)c1ccccc1. The third-order valence-electron chi connectivity index (χ3n) is 4.01.